The van der Waals surface area contributed by atoms with E-state index in [-0.39, 0.29) is 5.84 Å². The number of nitrogens with two attached hydrogens (primary N) is 1. The molecular weight excluding hydrogens is 757 g/mol. The van der Waals surface area contributed by atoms with Gasteiger partial charge in [0.15, 0.2) is 5.84 Å². The molecule has 10 aromatic rings. The lowest BCUT2D eigenvalue weighted by Crippen LogP contribution is -2.29. The maximum atomic E-state index is 9.56. The summed E-state index contributed by atoms with van der Waals surface area (Å²) in [5.41, 5.74) is 20.8. The van der Waals surface area contributed by atoms with Crippen LogP contribution in [0.2, 0.25) is 0 Å². The van der Waals surface area contributed by atoms with Crippen LogP contribution in [0.3, 0.4) is 0 Å². The van der Waals surface area contributed by atoms with E-state index in [1.54, 1.807) is 0 Å². The SMILES string of the molecule is CN(C(=NC(=N)c1cccc(-c2ccccc2)c1)c1ccccc1)c1c(-c2ccccc2N)ccc2c3ccccc3n(-c3ccccc3-c3cccc(-c4ccccc4)n3)c12. The van der Waals surface area contributed by atoms with Gasteiger partial charge in [-0.2, -0.15) is 0 Å². The van der Waals surface area contributed by atoms with Crippen LogP contribution in [-0.2, 0) is 0 Å². The fourth-order valence-electron chi connectivity index (χ4n) is 8.50. The highest BCUT2D eigenvalue weighted by atomic mass is 15.2. The lowest BCUT2D eigenvalue weighted by molar-refractivity contribution is 1.16. The van der Waals surface area contributed by atoms with Crippen molar-refractivity contribution in [1.29, 1.82) is 5.41 Å². The molecule has 10 rings (SSSR count). The summed E-state index contributed by atoms with van der Waals surface area (Å²) in [6, 6.07) is 74.4. The maximum absolute atomic E-state index is 9.56. The van der Waals surface area contributed by atoms with Gasteiger partial charge < -0.3 is 15.2 Å². The van der Waals surface area contributed by atoms with E-state index < -0.39 is 0 Å². The number of anilines is 2. The van der Waals surface area contributed by atoms with Gasteiger partial charge in [-0.1, -0.05) is 182 Å². The molecule has 62 heavy (non-hydrogen) atoms. The molecule has 0 amide bonds. The highest BCUT2D eigenvalue weighted by Crippen LogP contribution is 2.46. The van der Waals surface area contributed by atoms with Gasteiger partial charge in [0.1, 0.15) is 5.84 Å². The molecular formula is C56H42N6. The highest BCUT2D eigenvalue weighted by Gasteiger charge is 2.26. The number of amidine groups is 2. The molecule has 0 saturated heterocycles. The molecule has 6 nitrogen and oxygen atoms in total. The zero-order valence-corrected chi connectivity index (χ0v) is 34.2. The number of benzene rings is 8. The Hall–Kier alpha value is -8.35. The number of nitrogens with zero attached hydrogens (tertiary/aromatic N) is 4. The van der Waals surface area contributed by atoms with Gasteiger partial charge in [-0.05, 0) is 47.5 Å². The number of nitrogens with one attached hydrogen (secondary N) is 1. The fourth-order valence-corrected chi connectivity index (χ4v) is 8.50. The first kappa shape index (κ1) is 37.9. The van der Waals surface area contributed by atoms with Crippen LogP contribution in [0.5, 0.6) is 0 Å². The fraction of sp³-hybridized carbons (Fsp3) is 0.0179. The Balaban J connectivity index is 1.24. The number of aromatic nitrogens is 2. The maximum Gasteiger partial charge on any atom is 0.154 e. The minimum absolute atomic E-state index is 0.150. The molecule has 0 spiro atoms. The van der Waals surface area contributed by atoms with Crippen molar-refractivity contribution in [2.24, 2.45) is 4.99 Å². The van der Waals surface area contributed by atoms with Gasteiger partial charge in [0.2, 0.25) is 0 Å². The molecule has 0 aliphatic carbocycles. The lowest BCUT2D eigenvalue weighted by atomic mass is 9.98. The third kappa shape index (κ3) is 6.99. The number of nitrogen functional groups attached to an aromatic ring is 1. The van der Waals surface area contributed by atoms with Crippen LogP contribution in [0.25, 0.3) is 72.3 Å². The lowest BCUT2D eigenvalue weighted by Gasteiger charge is -2.27. The van der Waals surface area contributed by atoms with Crippen molar-refractivity contribution in [3.05, 3.63) is 230 Å². The van der Waals surface area contributed by atoms with Crippen molar-refractivity contribution in [2.45, 2.75) is 0 Å². The van der Waals surface area contributed by atoms with Crippen molar-refractivity contribution in [3.8, 4) is 50.5 Å². The van der Waals surface area contributed by atoms with Crippen LogP contribution in [0.1, 0.15) is 11.1 Å². The summed E-state index contributed by atoms with van der Waals surface area (Å²) in [7, 11) is 2.05. The number of rotatable bonds is 8. The molecule has 6 heteroatoms. The Morgan fingerprint density at radius 1 is 0.516 bits per heavy atom. The zero-order valence-electron chi connectivity index (χ0n) is 34.2. The predicted molar refractivity (Wildman–Crippen MR) is 259 cm³/mol. The molecule has 0 saturated carbocycles. The Labute approximate surface area is 361 Å². The second kappa shape index (κ2) is 16.4. The summed E-state index contributed by atoms with van der Waals surface area (Å²) in [5.74, 6) is 0.767. The van der Waals surface area contributed by atoms with Gasteiger partial charge in [-0.15, -0.1) is 0 Å². The van der Waals surface area contributed by atoms with Crippen molar-refractivity contribution >= 4 is 44.9 Å². The molecule has 0 aliphatic heterocycles. The number of fused-ring (bicyclic) bond motifs is 3. The number of pyridine rings is 1. The molecule has 8 aromatic carbocycles. The van der Waals surface area contributed by atoms with E-state index >= 15 is 0 Å². The van der Waals surface area contributed by atoms with Crippen molar-refractivity contribution < 1.29 is 0 Å². The van der Waals surface area contributed by atoms with Crippen molar-refractivity contribution in [2.75, 3.05) is 17.7 Å². The van der Waals surface area contributed by atoms with E-state index in [0.717, 1.165) is 83.5 Å². The van der Waals surface area contributed by atoms with Gasteiger partial charge in [0.25, 0.3) is 0 Å². The van der Waals surface area contributed by atoms with E-state index in [1.165, 1.54) is 0 Å². The molecule has 0 bridgehead atoms. The van der Waals surface area contributed by atoms with Gasteiger partial charge in [-0.25, -0.2) is 9.98 Å². The molecule has 0 atom stereocenters. The Kier molecular flexibility index (Phi) is 10.00. The van der Waals surface area contributed by atoms with Crippen LogP contribution in [0, 0.1) is 5.41 Å². The summed E-state index contributed by atoms with van der Waals surface area (Å²) >= 11 is 0. The predicted octanol–water partition coefficient (Wildman–Crippen LogP) is 13.3. The molecule has 296 valence electrons. The van der Waals surface area contributed by atoms with Crippen LogP contribution >= 0.6 is 0 Å². The molecule has 0 aliphatic rings. The van der Waals surface area contributed by atoms with E-state index in [0.29, 0.717) is 17.1 Å². The van der Waals surface area contributed by atoms with E-state index in [1.807, 2.05) is 91.0 Å². The van der Waals surface area contributed by atoms with E-state index in [2.05, 4.69) is 144 Å². The zero-order chi connectivity index (χ0) is 42.0. The number of para-hydroxylation sites is 3. The summed E-state index contributed by atoms with van der Waals surface area (Å²) in [6.07, 6.45) is 0. The third-order valence-electron chi connectivity index (χ3n) is 11.4. The van der Waals surface area contributed by atoms with Crippen molar-refractivity contribution in [3.63, 3.8) is 0 Å². The average Bonchev–Trinajstić information content (AvgIpc) is 3.68. The van der Waals surface area contributed by atoms with E-state index in [9.17, 15) is 5.41 Å². The van der Waals surface area contributed by atoms with Gasteiger partial charge in [0, 0.05) is 56.9 Å². The Morgan fingerprint density at radius 2 is 1.11 bits per heavy atom. The molecule has 3 N–H and O–H groups in total. The van der Waals surface area contributed by atoms with Crippen molar-refractivity contribution in [1.82, 2.24) is 9.55 Å². The first-order valence-electron chi connectivity index (χ1n) is 20.7. The Bertz CT molecular complexity index is 3280. The topological polar surface area (TPSA) is 83.3 Å². The standard InChI is InChI=1S/C56H42N6/c1-61(56(40-23-9-4-10-24-40)60-55(58)42-26-17-25-41(37-42)38-19-5-2-6-20-38)53-45(43-27-11-14-30-48(43)57)35-36-46-44-28-12-15-33-51(44)62(54(46)53)52-34-16-13-29-47(52)50-32-18-31-49(59-50)39-21-7-3-8-22-39/h2-37,58H,57H2,1H3. The number of hydrogen-bond acceptors (Lipinski definition) is 3. The summed E-state index contributed by atoms with van der Waals surface area (Å²) in [4.78, 5) is 12.6. The van der Waals surface area contributed by atoms with E-state index in [4.69, 9.17) is 15.7 Å². The quantitative estimate of drug-likeness (QED) is 0.0912. The molecule has 0 radical (unpaired) electrons. The summed E-state index contributed by atoms with van der Waals surface area (Å²) in [6.45, 7) is 0. The molecule has 2 aromatic heterocycles. The first-order chi connectivity index (χ1) is 30.5. The van der Waals surface area contributed by atoms with Gasteiger partial charge in [0.05, 0.1) is 33.8 Å². The molecule has 0 fully saturated rings. The molecule has 2 heterocycles. The Morgan fingerprint density at radius 3 is 1.89 bits per heavy atom. The number of aliphatic imine (C=N–C) groups is 1. The number of hydrogen-bond donors (Lipinski definition) is 2. The summed E-state index contributed by atoms with van der Waals surface area (Å²) < 4.78 is 2.36. The second-order valence-corrected chi connectivity index (χ2v) is 15.2. The summed E-state index contributed by atoms with van der Waals surface area (Å²) in [5, 5.41) is 11.7. The molecule has 0 unspecified atom stereocenters. The van der Waals surface area contributed by atoms with Gasteiger partial charge >= 0.3 is 0 Å². The van der Waals surface area contributed by atoms with Crippen LogP contribution in [0.4, 0.5) is 11.4 Å². The highest BCUT2D eigenvalue weighted by molar-refractivity contribution is 6.23. The second-order valence-electron chi connectivity index (χ2n) is 15.2. The van der Waals surface area contributed by atoms with Crippen LogP contribution in [0.15, 0.2) is 223 Å². The van der Waals surface area contributed by atoms with Crippen LogP contribution < -0.4 is 10.6 Å². The largest absolute Gasteiger partial charge is 0.398 e. The monoisotopic (exact) mass is 798 g/mol. The third-order valence-corrected chi connectivity index (χ3v) is 11.4. The first-order valence-corrected chi connectivity index (χ1v) is 20.7. The minimum atomic E-state index is 0.150. The average molecular weight is 799 g/mol. The van der Waals surface area contributed by atoms with Crippen LogP contribution in [-0.4, -0.2) is 28.3 Å². The smallest absolute Gasteiger partial charge is 0.154 e. The normalized spacial score (nSPS) is 11.5. The van der Waals surface area contributed by atoms with Gasteiger partial charge in [-0.3, -0.25) is 5.41 Å². The minimum Gasteiger partial charge on any atom is -0.398 e.